The fourth-order valence-electron chi connectivity index (χ4n) is 3.01. The maximum absolute atomic E-state index is 12.1. The molecule has 0 aliphatic carbocycles. The molecule has 3 N–H and O–H groups in total. The Morgan fingerprint density at radius 3 is 2.84 bits per heavy atom. The van der Waals surface area contributed by atoms with Gasteiger partial charge in [0.15, 0.2) is 23.2 Å². The van der Waals surface area contributed by atoms with Crippen molar-refractivity contribution >= 4 is 30.8 Å². The van der Waals surface area contributed by atoms with E-state index in [1.54, 1.807) is 0 Å². The fraction of sp³-hybridized carbons (Fsp3) is 0.400. The van der Waals surface area contributed by atoms with E-state index in [0.29, 0.717) is 0 Å². The van der Waals surface area contributed by atoms with Crippen LogP contribution in [0.3, 0.4) is 0 Å². The molecule has 16 heteroatoms. The van der Waals surface area contributed by atoms with Crippen LogP contribution in [0.5, 0.6) is 0 Å². The zero-order valence-electron chi connectivity index (χ0n) is 15.9. The van der Waals surface area contributed by atoms with Crippen LogP contribution >= 0.6 is 7.75 Å². The Morgan fingerprint density at radius 2 is 2.13 bits per heavy atom. The number of amides is 1. The summed E-state index contributed by atoms with van der Waals surface area (Å²) in [6, 6.07) is 0. The number of nitrogens with one attached hydrogen (secondary N) is 1. The summed E-state index contributed by atoms with van der Waals surface area (Å²) in [5.41, 5.74) is 0.370. The highest BCUT2D eigenvalue weighted by Gasteiger charge is 2.45. The number of anilines is 1. The third kappa shape index (κ3) is 4.01. The number of fused-ring (bicyclic) bond motifs is 1. The normalized spacial score (nSPS) is 25.4. The molecule has 1 aliphatic rings. The lowest BCUT2D eigenvalue weighted by atomic mass is 10.1. The molecule has 3 aromatic heterocycles. The van der Waals surface area contributed by atoms with E-state index >= 15 is 0 Å². The zero-order chi connectivity index (χ0) is 22.2. The van der Waals surface area contributed by atoms with E-state index in [9.17, 15) is 24.5 Å². The van der Waals surface area contributed by atoms with Gasteiger partial charge in [0, 0.05) is 12.4 Å². The summed E-state index contributed by atoms with van der Waals surface area (Å²) >= 11 is 0. The molecule has 31 heavy (non-hydrogen) atoms. The number of ether oxygens (including phenoxy) is 2. The van der Waals surface area contributed by atoms with Gasteiger partial charge in [-0.25, -0.2) is 24.7 Å². The Hall–Kier alpha value is -2.94. The number of rotatable bonds is 6. The van der Waals surface area contributed by atoms with Gasteiger partial charge in [0.1, 0.15) is 31.0 Å². The van der Waals surface area contributed by atoms with Gasteiger partial charge in [0.05, 0.1) is 20.0 Å². The first-order valence-electron chi connectivity index (χ1n) is 8.80. The second-order valence-corrected chi connectivity index (χ2v) is 8.07. The number of hydrogen-bond acceptors (Lipinski definition) is 12. The lowest BCUT2D eigenvalue weighted by Crippen LogP contribution is -2.34. The molecule has 1 fully saturated rings. The Bertz CT molecular complexity index is 1120. The second kappa shape index (κ2) is 8.30. The van der Waals surface area contributed by atoms with Crippen molar-refractivity contribution in [3.05, 3.63) is 31.4 Å². The van der Waals surface area contributed by atoms with E-state index in [4.69, 9.17) is 9.26 Å². The van der Waals surface area contributed by atoms with Crippen LogP contribution in [0.1, 0.15) is 6.23 Å². The summed E-state index contributed by atoms with van der Waals surface area (Å²) < 4.78 is 29.3. The summed E-state index contributed by atoms with van der Waals surface area (Å²) in [6.07, 6.45) is -0.0611. The number of imidazole rings is 2. The third-order valence-corrected chi connectivity index (χ3v) is 5.83. The summed E-state index contributed by atoms with van der Waals surface area (Å²) in [7, 11) is -3.31. The average Bonchev–Trinajstić information content (AvgIpc) is 3.48. The van der Waals surface area contributed by atoms with Crippen LogP contribution in [0.2, 0.25) is 0 Å². The smallest absolute Gasteiger partial charge is 0.412 e. The molecule has 4 heterocycles. The Morgan fingerprint density at radius 1 is 1.32 bits per heavy atom. The van der Waals surface area contributed by atoms with Gasteiger partial charge < -0.3 is 29.1 Å². The first kappa shape index (κ1) is 21.3. The van der Waals surface area contributed by atoms with Crippen LogP contribution in [0.25, 0.3) is 11.2 Å². The molecule has 5 atom stereocenters. The van der Waals surface area contributed by atoms with Crippen molar-refractivity contribution in [2.45, 2.75) is 24.5 Å². The van der Waals surface area contributed by atoms with Crippen molar-refractivity contribution in [2.24, 2.45) is 0 Å². The minimum atomic E-state index is -4.50. The Labute approximate surface area is 173 Å². The number of carbonyl (C=O) groups excluding carboxylic acids is 1. The lowest BCUT2D eigenvalue weighted by Gasteiger charge is -2.25. The van der Waals surface area contributed by atoms with Crippen LogP contribution in [-0.2, 0) is 18.6 Å². The molecule has 2 unspecified atom stereocenters. The topological polar surface area (TPSA) is 199 Å². The summed E-state index contributed by atoms with van der Waals surface area (Å²) in [6.45, 7) is -0.551. The van der Waals surface area contributed by atoms with Crippen LogP contribution in [-0.4, -0.2) is 77.2 Å². The van der Waals surface area contributed by atoms with Crippen molar-refractivity contribution in [2.75, 3.05) is 19.0 Å². The second-order valence-electron chi connectivity index (χ2n) is 6.42. The number of hydrogen-bond donors (Lipinski definition) is 3. The zero-order valence-corrected chi connectivity index (χ0v) is 16.8. The maximum atomic E-state index is 12.1. The van der Waals surface area contributed by atoms with Gasteiger partial charge in [-0.3, -0.25) is 18.8 Å². The highest BCUT2D eigenvalue weighted by atomic mass is 31.2. The quantitative estimate of drug-likeness (QED) is 0.379. The molecule has 0 aromatic carbocycles. The van der Waals surface area contributed by atoms with Crippen LogP contribution in [0.15, 0.2) is 31.4 Å². The number of methoxy groups -OCH3 is 1. The predicted octanol–water partition coefficient (Wildman–Crippen LogP) is -1.15. The Kier molecular flexibility index (Phi) is 5.70. The van der Waals surface area contributed by atoms with Crippen LogP contribution in [0, 0.1) is 0 Å². The van der Waals surface area contributed by atoms with Gasteiger partial charge in [-0.2, -0.15) is 0 Å². The van der Waals surface area contributed by atoms with E-state index in [2.05, 4.69) is 30.0 Å². The van der Waals surface area contributed by atoms with Gasteiger partial charge in [0.25, 0.3) is 0 Å². The molecule has 3 aromatic rings. The monoisotopic (exact) mass is 454 g/mol. The van der Waals surface area contributed by atoms with E-state index in [0.717, 1.165) is 17.0 Å². The molecule has 1 saturated heterocycles. The first-order valence-corrected chi connectivity index (χ1v) is 10.3. The highest BCUT2D eigenvalue weighted by molar-refractivity contribution is 7.49. The number of aliphatic hydroxyl groups is 2. The first-order chi connectivity index (χ1) is 14.8. The molecule has 166 valence electrons. The van der Waals surface area contributed by atoms with Crippen molar-refractivity contribution in [1.82, 2.24) is 28.8 Å². The average molecular weight is 454 g/mol. The molecule has 0 radical (unpaired) electrons. The summed E-state index contributed by atoms with van der Waals surface area (Å²) in [5, 5.41) is 23.2. The fourth-order valence-corrected chi connectivity index (χ4v) is 3.88. The molecule has 15 nitrogen and oxygen atoms in total. The number of carbonyl (C=O) groups is 1. The highest BCUT2D eigenvalue weighted by Crippen LogP contribution is 2.40. The van der Waals surface area contributed by atoms with Gasteiger partial charge in [-0.05, 0) is 0 Å². The van der Waals surface area contributed by atoms with Gasteiger partial charge in [0.2, 0.25) is 7.75 Å². The van der Waals surface area contributed by atoms with Crippen LogP contribution in [0.4, 0.5) is 10.6 Å². The van der Waals surface area contributed by atoms with Crippen molar-refractivity contribution in [3.63, 3.8) is 0 Å². The Balaban J connectivity index is 1.53. The predicted molar refractivity (Wildman–Crippen MR) is 98.5 cm³/mol. The van der Waals surface area contributed by atoms with Gasteiger partial charge in [-0.1, -0.05) is 0 Å². The van der Waals surface area contributed by atoms with E-state index < -0.39 is 45.0 Å². The number of aliphatic hydroxyl groups excluding tert-OH is 2. The standard InChI is InChI=1S/C15H18N7O8P/c1-28-15(25)20-12-9-13(18-5-17-12)22(7-19-9)14-11(24)10(23)8(30-14)4-29-31(26,27)21-3-2-16-6-21/h2-3,5-8,10-11,14,23-24H,4H2,1H3,(H,26,27)(H,17,18,20,25)/p-1/t8-,10+,11?,14-/m1/s1. The minimum Gasteiger partial charge on any atom is -0.761 e. The van der Waals surface area contributed by atoms with E-state index in [1.165, 1.54) is 30.4 Å². The van der Waals surface area contributed by atoms with Gasteiger partial charge in [-0.15, -0.1) is 0 Å². The molecular weight excluding hydrogens is 437 g/mol. The minimum absolute atomic E-state index is 0.0659. The largest absolute Gasteiger partial charge is 0.761 e. The lowest BCUT2D eigenvalue weighted by molar-refractivity contribution is -0.205. The van der Waals surface area contributed by atoms with Crippen molar-refractivity contribution in [3.8, 4) is 0 Å². The van der Waals surface area contributed by atoms with E-state index in [1.807, 2.05) is 0 Å². The van der Waals surface area contributed by atoms with Crippen LogP contribution < -0.4 is 10.2 Å². The third-order valence-electron chi connectivity index (χ3n) is 4.55. The van der Waals surface area contributed by atoms with Crippen molar-refractivity contribution < 1.29 is 38.5 Å². The summed E-state index contributed by atoms with van der Waals surface area (Å²) in [4.78, 5) is 39.3. The molecule has 0 spiro atoms. The van der Waals surface area contributed by atoms with E-state index in [-0.39, 0.29) is 17.0 Å². The molecular formula is C15H17N7O8P-. The summed E-state index contributed by atoms with van der Waals surface area (Å²) in [5.74, 6) is 0.0659. The molecule has 1 aliphatic heterocycles. The van der Waals surface area contributed by atoms with Crippen molar-refractivity contribution in [1.29, 1.82) is 0 Å². The molecule has 0 saturated carbocycles. The number of nitrogens with zero attached hydrogens (tertiary/aromatic N) is 6. The maximum Gasteiger partial charge on any atom is 0.412 e. The number of aromatic nitrogens is 6. The van der Waals surface area contributed by atoms with Gasteiger partial charge >= 0.3 is 6.09 Å². The molecule has 0 bridgehead atoms. The SMILES string of the molecule is COC(=O)Nc1ncnc2c1ncn2[C@@H]1O[C@H](COP(=O)([O-])n2ccnc2)[C@H](O)C1O. The molecule has 1 amide bonds. The molecule has 4 rings (SSSR count).